The lowest BCUT2D eigenvalue weighted by Crippen LogP contribution is -2.62. The van der Waals surface area contributed by atoms with Gasteiger partial charge in [0.1, 0.15) is 11.6 Å². The van der Waals surface area contributed by atoms with Crippen molar-refractivity contribution in [3.05, 3.63) is 35.3 Å². The first kappa shape index (κ1) is 24.6. The zero-order valence-electron chi connectivity index (χ0n) is 19.5. The van der Waals surface area contributed by atoms with E-state index in [1.54, 1.807) is 0 Å². The first-order chi connectivity index (χ1) is 16.5. The fourth-order valence-electron chi connectivity index (χ4n) is 5.86. The Kier molecular flexibility index (Phi) is 6.38. The summed E-state index contributed by atoms with van der Waals surface area (Å²) < 4.78 is 69.9. The fraction of sp³-hybridized carbons (Fsp3) is 0.625. The van der Waals surface area contributed by atoms with Crippen molar-refractivity contribution in [2.75, 3.05) is 18.1 Å². The zero-order chi connectivity index (χ0) is 25.0. The number of sulfone groups is 1. The van der Waals surface area contributed by atoms with E-state index in [4.69, 9.17) is 5.10 Å². The van der Waals surface area contributed by atoms with Crippen LogP contribution in [-0.4, -0.2) is 59.6 Å². The van der Waals surface area contributed by atoms with E-state index in [0.29, 0.717) is 31.5 Å². The van der Waals surface area contributed by atoms with Crippen molar-refractivity contribution in [1.29, 1.82) is 0 Å². The molecule has 0 bridgehead atoms. The second-order valence-electron chi connectivity index (χ2n) is 10.4. The summed E-state index contributed by atoms with van der Waals surface area (Å²) in [5, 5.41) is 18.7. The van der Waals surface area contributed by atoms with Crippen LogP contribution in [0.3, 0.4) is 0 Å². The van der Waals surface area contributed by atoms with E-state index < -0.39 is 33.9 Å². The molecule has 11 heteroatoms. The maximum Gasteiger partial charge on any atom is 0.387 e. The number of hydrogen-bond acceptors (Lipinski definition) is 6. The lowest BCUT2D eigenvalue weighted by Gasteiger charge is -2.40. The van der Waals surface area contributed by atoms with Gasteiger partial charge >= 0.3 is 6.61 Å². The Hall–Kier alpha value is -2.11. The van der Waals surface area contributed by atoms with Crippen LogP contribution in [0.25, 0.3) is 11.3 Å². The van der Waals surface area contributed by atoms with Crippen LogP contribution >= 0.6 is 0 Å². The number of aromatic nitrogens is 2. The highest BCUT2D eigenvalue weighted by molar-refractivity contribution is 7.93. The molecular weight excluding hydrogens is 483 g/mol. The molecule has 0 spiro atoms. The highest BCUT2D eigenvalue weighted by Crippen LogP contribution is 2.40. The van der Waals surface area contributed by atoms with Gasteiger partial charge in [-0.3, -0.25) is 4.68 Å². The van der Waals surface area contributed by atoms with Crippen LogP contribution < -0.4 is 10.1 Å². The summed E-state index contributed by atoms with van der Waals surface area (Å²) in [4.78, 5) is 0. The van der Waals surface area contributed by atoms with Gasteiger partial charge < -0.3 is 15.2 Å². The van der Waals surface area contributed by atoms with Gasteiger partial charge in [0.15, 0.2) is 9.84 Å². The second-order valence-corrected chi connectivity index (χ2v) is 12.5. The highest BCUT2D eigenvalue weighted by atomic mass is 32.2. The number of nitrogens with one attached hydrogen (secondary N) is 1. The Labute approximate surface area is 202 Å². The molecule has 5 rings (SSSR count). The summed E-state index contributed by atoms with van der Waals surface area (Å²) in [6.45, 7) is -0.462. The van der Waals surface area contributed by atoms with E-state index in [-0.39, 0.29) is 34.8 Å². The molecule has 7 nitrogen and oxygen atoms in total. The van der Waals surface area contributed by atoms with Gasteiger partial charge in [-0.05, 0) is 76.1 Å². The number of benzene rings is 1. The molecule has 2 aliphatic carbocycles. The number of nitrogens with zero attached hydrogens (tertiary/aromatic N) is 2. The van der Waals surface area contributed by atoms with Gasteiger partial charge in [0.2, 0.25) is 0 Å². The molecule has 3 aliphatic rings. The third-order valence-corrected chi connectivity index (χ3v) is 9.63. The SMILES string of the molecule is CC1(NC[C@@H]2CCc3c(-c4cc(OC(F)F)ccc4F)nn(C4CCCC4O)c3C2)CS(=O)(=O)C1. The Balaban J connectivity index is 1.45. The molecule has 1 saturated carbocycles. The number of rotatable bonds is 7. The van der Waals surface area contributed by atoms with Gasteiger partial charge in [-0.1, -0.05) is 0 Å². The second kappa shape index (κ2) is 9.08. The molecule has 2 unspecified atom stereocenters. The first-order valence-corrected chi connectivity index (χ1v) is 13.8. The molecule has 2 aromatic rings. The monoisotopic (exact) mass is 513 g/mol. The van der Waals surface area contributed by atoms with E-state index in [9.17, 15) is 26.7 Å². The van der Waals surface area contributed by atoms with Crippen LogP contribution in [-0.2, 0) is 22.7 Å². The van der Waals surface area contributed by atoms with Crippen molar-refractivity contribution in [2.45, 2.75) is 69.7 Å². The van der Waals surface area contributed by atoms with E-state index in [1.807, 2.05) is 11.6 Å². The largest absolute Gasteiger partial charge is 0.435 e. The van der Waals surface area contributed by atoms with Crippen LogP contribution in [0.5, 0.6) is 5.75 Å². The summed E-state index contributed by atoms with van der Waals surface area (Å²) in [6.07, 6.45) is 3.79. The molecule has 192 valence electrons. The normalized spacial score (nSPS) is 27.0. The van der Waals surface area contributed by atoms with E-state index in [0.717, 1.165) is 42.7 Å². The molecule has 2 heterocycles. The third-order valence-electron chi connectivity index (χ3n) is 7.47. The first-order valence-electron chi connectivity index (χ1n) is 12.0. The van der Waals surface area contributed by atoms with Gasteiger partial charge in [-0.15, -0.1) is 0 Å². The van der Waals surface area contributed by atoms with Crippen LogP contribution in [0.1, 0.15) is 49.9 Å². The molecule has 1 aromatic heterocycles. The molecular formula is C24H30F3N3O4S. The molecule has 3 atom stereocenters. The molecule has 1 saturated heterocycles. The highest BCUT2D eigenvalue weighted by Gasteiger charge is 2.44. The number of aliphatic hydroxyl groups is 1. The summed E-state index contributed by atoms with van der Waals surface area (Å²) in [6, 6.07) is 3.30. The Morgan fingerprint density at radius 3 is 2.71 bits per heavy atom. The van der Waals surface area contributed by atoms with Crippen molar-refractivity contribution >= 4 is 9.84 Å². The zero-order valence-corrected chi connectivity index (χ0v) is 20.3. The lowest BCUT2D eigenvalue weighted by atomic mass is 9.85. The molecule has 1 aliphatic heterocycles. The number of fused-ring (bicyclic) bond motifs is 1. The van der Waals surface area contributed by atoms with E-state index in [2.05, 4.69) is 10.1 Å². The number of alkyl halides is 2. The molecule has 0 amide bonds. The van der Waals surface area contributed by atoms with Crippen molar-refractivity contribution in [3.8, 4) is 17.0 Å². The molecule has 1 aromatic carbocycles. The smallest absolute Gasteiger partial charge is 0.387 e. The minimum atomic E-state index is -3.02. The van der Waals surface area contributed by atoms with Crippen molar-refractivity contribution < 1.29 is 31.4 Å². The Morgan fingerprint density at radius 1 is 1.29 bits per heavy atom. The summed E-state index contributed by atoms with van der Waals surface area (Å²) in [5.41, 5.74) is 1.88. The average molecular weight is 514 g/mol. The lowest BCUT2D eigenvalue weighted by molar-refractivity contribution is -0.0498. The Bertz CT molecular complexity index is 1200. The van der Waals surface area contributed by atoms with Gasteiger partial charge in [-0.25, -0.2) is 12.8 Å². The van der Waals surface area contributed by atoms with E-state index >= 15 is 0 Å². The minimum absolute atomic E-state index is 0.106. The maximum absolute atomic E-state index is 14.9. The standard InChI is InChI=1S/C24H30F3N3O4S/c1-24(12-35(32,33)13-24)28-11-14-5-7-16-20(9-14)30(19-3-2-4-21(19)31)29-22(16)17-10-15(34-23(26)27)6-8-18(17)25/h6,8,10,14,19,21,23,28,31H,2-5,7,9,11-13H2,1H3/t14-,19?,21?/m1/s1. The molecule has 0 radical (unpaired) electrons. The predicted octanol–water partition coefficient (Wildman–Crippen LogP) is 3.26. The van der Waals surface area contributed by atoms with Crippen molar-refractivity contribution in [3.63, 3.8) is 0 Å². The van der Waals surface area contributed by atoms with Crippen LogP contribution in [0.15, 0.2) is 18.2 Å². The molecule has 35 heavy (non-hydrogen) atoms. The number of aliphatic hydroxyl groups excluding tert-OH is 1. The van der Waals surface area contributed by atoms with Crippen LogP contribution in [0, 0.1) is 11.7 Å². The van der Waals surface area contributed by atoms with Crippen LogP contribution in [0.2, 0.25) is 0 Å². The van der Waals surface area contributed by atoms with Gasteiger partial charge in [0, 0.05) is 22.4 Å². The van der Waals surface area contributed by atoms with Gasteiger partial charge in [-0.2, -0.15) is 13.9 Å². The minimum Gasteiger partial charge on any atom is -0.435 e. The summed E-state index contributed by atoms with van der Waals surface area (Å²) in [5.74, 6) is -0.228. The third kappa shape index (κ3) is 4.95. The van der Waals surface area contributed by atoms with Crippen molar-refractivity contribution in [2.24, 2.45) is 5.92 Å². The number of hydrogen-bond donors (Lipinski definition) is 2. The number of halogens is 3. The molecule has 2 N–H and O–H groups in total. The quantitative estimate of drug-likeness (QED) is 0.591. The van der Waals surface area contributed by atoms with Crippen LogP contribution in [0.4, 0.5) is 13.2 Å². The Morgan fingerprint density at radius 2 is 2.06 bits per heavy atom. The average Bonchev–Trinajstić information content (AvgIpc) is 3.34. The van der Waals surface area contributed by atoms with Crippen molar-refractivity contribution in [1.82, 2.24) is 15.1 Å². The summed E-state index contributed by atoms with van der Waals surface area (Å²) in [7, 11) is -2.95. The van der Waals surface area contributed by atoms with E-state index in [1.165, 1.54) is 6.07 Å². The maximum atomic E-state index is 14.9. The van der Waals surface area contributed by atoms with Gasteiger partial charge in [0.05, 0.1) is 29.3 Å². The van der Waals surface area contributed by atoms with Gasteiger partial charge in [0.25, 0.3) is 0 Å². The molecule has 2 fully saturated rings. The predicted molar refractivity (Wildman–Crippen MR) is 124 cm³/mol. The fourth-order valence-corrected chi connectivity index (χ4v) is 7.92. The number of ether oxygens (including phenoxy) is 1. The summed E-state index contributed by atoms with van der Waals surface area (Å²) >= 11 is 0. The topological polar surface area (TPSA) is 93.4 Å².